The van der Waals surface area contributed by atoms with Crippen molar-refractivity contribution < 1.29 is 4.79 Å². The van der Waals surface area contributed by atoms with Crippen molar-refractivity contribution in [2.75, 3.05) is 0 Å². The van der Waals surface area contributed by atoms with Crippen molar-refractivity contribution in [3.8, 4) is 0 Å². The second-order valence-corrected chi connectivity index (χ2v) is 6.94. The highest BCUT2D eigenvalue weighted by Crippen LogP contribution is 2.41. The van der Waals surface area contributed by atoms with Crippen LogP contribution in [0.3, 0.4) is 0 Å². The highest BCUT2D eigenvalue weighted by Gasteiger charge is 2.41. The third-order valence-electron chi connectivity index (χ3n) is 4.96. The number of hydrogen-bond acceptors (Lipinski definition) is 1. The molecule has 1 N–H and O–H groups in total. The van der Waals surface area contributed by atoms with E-state index in [1.807, 2.05) is 41.3 Å². The van der Waals surface area contributed by atoms with Gasteiger partial charge < -0.3 is 10.2 Å². The van der Waals surface area contributed by atoms with Crippen molar-refractivity contribution in [2.24, 2.45) is 0 Å². The molecule has 1 aliphatic rings. The summed E-state index contributed by atoms with van der Waals surface area (Å²) >= 11 is 0. The molecule has 0 heterocycles. The van der Waals surface area contributed by atoms with Crippen LogP contribution in [0.2, 0.25) is 0 Å². The van der Waals surface area contributed by atoms with Crippen LogP contribution in [0.25, 0.3) is 0 Å². The number of nitrogens with one attached hydrogen (secondary N) is 1. The van der Waals surface area contributed by atoms with Crippen LogP contribution in [0.1, 0.15) is 44.2 Å². The summed E-state index contributed by atoms with van der Waals surface area (Å²) in [5.41, 5.74) is 2.18. The molecular formula is C21H26N2O. The largest absolute Gasteiger partial charge is 0.328 e. The molecule has 2 aromatic rings. The van der Waals surface area contributed by atoms with Crippen molar-refractivity contribution in [3.63, 3.8) is 0 Å². The maximum absolute atomic E-state index is 13.0. The SMILES string of the molecule is CC(C)N(Cc1ccccc1)C(=O)NC1(c2ccccc2)CCC1. The third kappa shape index (κ3) is 3.45. The van der Waals surface area contributed by atoms with Crippen LogP contribution in [0.4, 0.5) is 4.79 Å². The number of urea groups is 1. The minimum absolute atomic E-state index is 0.0254. The first kappa shape index (κ1) is 16.6. The Balaban J connectivity index is 1.76. The number of rotatable bonds is 5. The molecule has 0 bridgehead atoms. The van der Waals surface area contributed by atoms with Crippen LogP contribution in [0.15, 0.2) is 60.7 Å². The zero-order chi connectivity index (χ0) is 17.0. The van der Waals surface area contributed by atoms with Gasteiger partial charge in [-0.15, -0.1) is 0 Å². The van der Waals surface area contributed by atoms with Gasteiger partial charge in [0.2, 0.25) is 0 Å². The van der Waals surface area contributed by atoms with Gasteiger partial charge in [0, 0.05) is 12.6 Å². The number of amides is 2. The lowest BCUT2D eigenvalue weighted by atomic mass is 9.72. The smallest absolute Gasteiger partial charge is 0.318 e. The van der Waals surface area contributed by atoms with Gasteiger partial charge in [-0.1, -0.05) is 60.7 Å². The first-order valence-corrected chi connectivity index (χ1v) is 8.79. The minimum Gasteiger partial charge on any atom is -0.328 e. The van der Waals surface area contributed by atoms with Crippen LogP contribution < -0.4 is 5.32 Å². The van der Waals surface area contributed by atoms with Crippen molar-refractivity contribution in [1.29, 1.82) is 0 Å². The molecule has 0 spiro atoms. The third-order valence-corrected chi connectivity index (χ3v) is 4.96. The zero-order valence-electron chi connectivity index (χ0n) is 14.5. The number of carbonyl (C=O) groups excluding carboxylic acids is 1. The number of benzene rings is 2. The van der Waals surface area contributed by atoms with E-state index >= 15 is 0 Å². The molecule has 1 aliphatic carbocycles. The second-order valence-electron chi connectivity index (χ2n) is 6.94. The van der Waals surface area contributed by atoms with Gasteiger partial charge in [-0.05, 0) is 44.2 Å². The molecule has 0 unspecified atom stereocenters. The second kappa shape index (κ2) is 7.08. The summed E-state index contributed by atoms with van der Waals surface area (Å²) in [5.74, 6) is 0. The summed E-state index contributed by atoms with van der Waals surface area (Å²) in [5, 5.41) is 3.33. The predicted molar refractivity (Wildman–Crippen MR) is 97.6 cm³/mol. The van der Waals surface area contributed by atoms with E-state index in [4.69, 9.17) is 0 Å². The molecule has 24 heavy (non-hydrogen) atoms. The molecule has 0 aliphatic heterocycles. The van der Waals surface area contributed by atoms with E-state index in [2.05, 4.69) is 43.4 Å². The van der Waals surface area contributed by atoms with Gasteiger partial charge in [-0.2, -0.15) is 0 Å². The summed E-state index contributed by atoms with van der Waals surface area (Å²) in [7, 11) is 0. The van der Waals surface area contributed by atoms with Crippen molar-refractivity contribution >= 4 is 6.03 Å². The van der Waals surface area contributed by atoms with E-state index in [0.29, 0.717) is 6.54 Å². The Bertz CT molecular complexity index is 663. The van der Waals surface area contributed by atoms with Crippen LogP contribution in [-0.2, 0) is 12.1 Å². The minimum atomic E-state index is -0.192. The summed E-state index contributed by atoms with van der Waals surface area (Å²) < 4.78 is 0. The van der Waals surface area contributed by atoms with E-state index in [9.17, 15) is 4.79 Å². The topological polar surface area (TPSA) is 32.3 Å². The molecule has 0 atom stereocenters. The van der Waals surface area contributed by atoms with Gasteiger partial charge in [0.25, 0.3) is 0 Å². The lowest BCUT2D eigenvalue weighted by molar-refractivity contribution is 0.138. The number of hydrogen-bond donors (Lipinski definition) is 1. The van der Waals surface area contributed by atoms with E-state index in [1.165, 1.54) is 5.56 Å². The Kier molecular flexibility index (Phi) is 4.89. The Labute approximate surface area is 144 Å². The Morgan fingerprint density at radius 3 is 2.12 bits per heavy atom. The normalized spacial score (nSPS) is 15.6. The highest BCUT2D eigenvalue weighted by atomic mass is 16.2. The van der Waals surface area contributed by atoms with Gasteiger partial charge in [-0.3, -0.25) is 0 Å². The molecule has 2 amide bonds. The zero-order valence-corrected chi connectivity index (χ0v) is 14.5. The fourth-order valence-corrected chi connectivity index (χ4v) is 3.32. The van der Waals surface area contributed by atoms with Gasteiger partial charge in [0.15, 0.2) is 0 Å². The summed E-state index contributed by atoms with van der Waals surface area (Å²) in [6.45, 7) is 4.77. The standard InChI is InChI=1S/C21H26N2O/c1-17(2)23(16-18-10-5-3-6-11-18)20(24)22-21(14-9-15-21)19-12-7-4-8-13-19/h3-8,10-13,17H,9,14-16H2,1-2H3,(H,22,24). The summed E-state index contributed by atoms with van der Waals surface area (Å²) in [6.07, 6.45) is 3.19. The first-order valence-electron chi connectivity index (χ1n) is 8.79. The maximum atomic E-state index is 13.0. The Morgan fingerprint density at radius 1 is 1.04 bits per heavy atom. The van der Waals surface area contributed by atoms with Crippen LogP contribution in [-0.4, -0.2) is 17.0 Å². The average molecular weight is 322 g/mol. The van der Waals surface area contributed by atoms with Crippen molar-refractivity contribution in [1.82, 2.24) is 10.2 Å². The Morgan fingerprint density at radius 2 is 1.62 bits per heavy atom. The van der Waals surface area contributed by atoms with Crippen LogP contribution in [0, 0.1) is 0 Å². The quantitative estimate of drug-likeness (QED) is 0.851. The Hall–Kier alpha value is -2.29. The molecule has 3 heteroatoms. The fourth-order valence-electron chi connectivity index (χ4n) is 3.32. The monoisotopic (exact) mass is 322 g/mol. The number of carbonyl (C=O) groups is 1. The molecule has 3 rings (SSSR count). The molecule has 0 radical (unpaired) electrons. The molecule has 1 fully saturated rings. The molecular weight excluding hydrogens is 296 g/mol. The van der Waals surface area contributed by atoms with Gasteiger partial charge >= 0.3 is 6.03 Å². The van der Waals surface area contributed by atoms with E-state index in [1.54, 1.807) is 0 Å². The summed E-state index contributed by atoms with van der Waals surface area (Å²) in [4.78, 5) is 14.9. The average Bonchev–Trinajstić information content (AvgIpc) is 2.57. The lowest BCUT2D eigenvalue weighted by Gasteiger charge is -2.44. The van der Waals surface area contributed by atoms with E-state index < -0.39 is 0 Å². The van der Waals surface area contributed by atoms with Gasteiger partial charge in [0.05, 0.1) is 5.54 Å². The fraction of sp³-hybridized carbons (Fsp3) is 0.381. The van der Waals surface area contributed by atoms with Crippen LogP contribution >= 0.6 is 0 Å². The molecule has 0 aromatic heterocycles. The maximum Gasteiger partial charge on any atom is 0.318 e. The van der Waals surface area contributed by atoms with Crippen LogP contribution in [0.5, 0.6) is 0 Å². The lowest BCUT2D eigenvalue weighted by Crippen LogP contribution is -2.55. The highest BCUT2D eigenvalue weighted by molar-refractivity contribution is 5.76. The molecule has 2 aromatic carbocycles. The predicted octanol–water partition coefficient (Wildman–Crippen LogP) is 4.69. The van der Waals surface area contributed by atoms with Gasteiger partial charge in [0.1, 0.15) is 0 Å². The summed E-state index contributed by atoms with van der Waals surface area (Å²) in [6, 6.07) is 20.7. The molecule has 0 saturated heterocycles. The van der Waals surface area contributed by atoms with Gasteiger partial charge in [-0.25, -0.2) is 4.79 Å². The van der Waals surface area contributed by atoms with Crippen molar-refractivity contribution in [2.45, 2.75) is 51.2 Å². The molecule has 3 nitrogen and oxygen atoms in total. The number of nitrogens with zero attached hydrogens (tertiary/aromatic N) is 1. The molecule has 126 valence electrons. The van der Waals surface area contributed by atoms with E-state index in [-0.39, 0.29) is 17.6 Å². The van der Waals surface area contributed by atoms with Crippen molar-refractivity contribution in [3.05, 3.63) is 71.8 Å². The molecule has 1 saturated carbocycles. The van der Waals surface area contributed by atoms with E-state index in [0.717, 1.165) is 24.8 Å². The first-order chi connectivity index (χ1) is 11.6.